The molecule has 0 radical (unpaired) electrons. The summed E-state index contributed by atoms with van der Waals surface area (Å²) in [6.45, 7) is 0.110. The highest BCUT2D eigenvalue weighted by molar-refractivity contribution is 9.10. The second kappa shape index (κ2) is 6.37. The molecule has 0 unspecified atom stereocenters. The molecule has 2 aromatic rings. The number of hydrogen-bond donors (Lipinski definition) is 2. The van der Waals surface area contributed by atoms with E-state index in [1.807, 2.05) is 0 Å². The van der Waals surface area contributed by atoms with Crippen molar-refractivity contribution >= 4 is 34.5 Å². The van der Waals surface area contributed by atoms with Gasteiger partial charge >= 0.3 is 0 Å². The number of amides is 1. The minimum atomic E-state index is -0.935. The lowest BCUT2D eigenvalue weighted by molar-refractivity contribution is 0.0950. The fourth-order valence-corrected chi connectivity index (χ4v) is 2.24. The van der Waals surface area contributed by atoms with Gasteiger partial charge in [-0.25, -0.2) is 8.78 Å². The summed E-state index contributed by atoms with van der Waals surface area (Å²) in [5.74, 6) is -2.17. The van der Waals surface area contributed by atoms with Crippen molar-refractivity contribution in [2.75, 3.05) is 0 Å². The van der Waals surface area contributed by atoms with Crippen LogP contribution in [-0.2, 0) is 6.54 Å². The first-order chi connectivity index (χ1) is 9.47. The second-order valence-corrected chi connectivity index (χ2v) is 5.47. The third kappa shape index (κ3) is 3.58. The molecule has 0 spiro atoms. The van der Waals surface area contributed by atoms with E-state index in [2.05, 4.69) is 33.9 Å². The normalized spacial score (nSPS) is 10.4. The Labute approximate surface area is 128 Å². The van der Waals surface area contributed by atoms with Crippen LogP contribution in [-0.4, -0.2) is 5.91 Å². The fraction of sp³-hybridized carbons (Fsp3) is 0.0714. The van der Waals surface area contributed by atoms with Crippen molar-refractivity contribution < 1.29 is 13.6 Å². The lowest BCUT2D eigenvalue weighted by Crippen LogP contribution is -2.23. The van der Waals surface area contributed by atoms with Crippen LogP contribution in [0.4, 0.5) is 8.78 Å². The SMILES string of the molecule is O=C(NCc1ccc(F)c(F)c1)c1cc(S)ccc1Br. The molecule has 2 aromatic carbocycles. The Kier molecular flexibility index (Phi) is 4.77. The van der Waals surface area contributed by atoms with Gasteiger partial charge in [-0.2, -0.15) is 0 Å². The van der Waals surface area contributed by atoms with Gasteiger partial charge in [0.25, 0.3) is 5.91 Å². The Morgan fingerprint density at radius 3 is 2.60 bits per heavy atom. The van der Waals surface area contributed by atoms with Crippen LogP contribution in [0.1, 0.15) is 15.9 Å². The molecule has 2 rings (SSSR count). The van der Waals surface area contributed by atoms with Gasteiger partial charge < -0.3 is 5.32 Å². The predicted molar refractivity (Wildman–Crippen MR) is 78.9 cm³/mol. The highest BCUT2D eigenvalue weighted by Crippen LogP contribution is 2.20. The molecule has 104 valence electrons. The summed E-state index contributed by atoms with van der Waals surface area (Å²) >= 11 is 7.44. The maximum atomic E-state index is 13.0. The van der Waals surface area contributed by atoms with Gasteiger partial charge in [-0.15, -0.1) is 12.6 Å². The molecule has 0 aromatic heterocycles. The van der Waals surface area contributed by atoms with E-state index in [1.54, 1.807) is 18.2 Å². The Hall–Kier alpha value is -1.40. The monoisotopic (exact) mass is 357 g/mol. The van der Waals surface area contributed by atoms with Gasteiger partial charge in [0.2, 0.25) is 0 Å². The summed E-state index contributed by atoms with van der Waals surface area (Å²) in [5.41, 5.74) is 0.912. The highest BCUT2D eigenvalue weighted by Gasteiger charge is 2.10. The van der Waals surface area contributed by atoms with Crippen LogP contribution in [0, 0.1) is 11.6 Å². The Bertz CT molecular complexity index is 664. The number of nitrogens with one attached hydrogen (secondary N) is 1. The van der Waals surface area contributed by atoms with Crippen LogP contribution in [0.5, 0.6) is 0 Å². The zero-order chi connectivity index (χ0) is 14.7. The van der Waals surface area contributed by atoms with Crippen LogP contribution in [0.3, 0.4) is 0 Å². The minimum absolute atomic E-state index is 0.110. The molecule has 0 aliphatic carbocycles. The topological polar surface area (TPSA) is 29.1 Å². The molecule has 0 fully saturated rings. The number of benzene rings is 2. The van der Waals surface area contributed by atoms with Crippen molar-refractivity contribution in [1.29, 1.82) is 0 Å². The number of carbonyl (C=O) groups is 1. The van der Waals surface area contributed by atoms with Crippen LogP contribution in [0.25, 0.3) is 0 Å². The molecule has 2 nitrogen and oxygen atoms in total. The lowest BCUT2D eigenvalue weighted by atomic mass is 10.2. The zero-order valence-electron chi connectivity index (χ0n) is 10.2. The number of halogens is 3. The average Bonchev–Trinajstić information content (AvgIpc) is 2.42. The van der Waals surface area contributed by atoms with Gasteiger partial charge in [0, 0.05) is 15.9 Å². The molecule has 1 N–H and O–H groups in total. The molecule has 1 amide bonds. The largest absolute Gasteiger partial charge is 0.348 e. The smallest absolute Gasteiger partial charge is 0.252 e. The van der Waals surface area contributed by atoms with E-state index >= 15 is 0 Å². The summed E-state index contributed by atoms with van der Waals surface area (Å²) < 4.78 is 26.5. The number of hydrogen-bond acceptors (Lipinski definition) is 2. The zero-order valence-corrected chi connectivity index (χ0v) is 12.6. The molecule has 0 aliphatic rings. The predicted octanol–water partition coefficient (Wildman–Crippen LogP) is 3.95. The number of rotatable bonds is 3. The molecule has 0 saturated heterocycles. The third-order valence-corrected chi connectivity index (χ3v) is 3.60. The lowest BCUT2D eigenvalue weighted by Gasteiger charge is -2.08. The third-order valence-electron chi connectivity index (χ3n) is 2.63. The molecular formula is C14H10BrF2NOS. The van der Waals surface area contributed by atoms with Gasteiger partial charge in [-0.05, 0) is 51.8 Å². The molecule has 6 heteroatoms. The average molecular weight is 358 g/mol. The van der Waals surface area contributed by atoms with Crippen LogP contribution in [0.2, 0.25) is 0 Å². The maximum Gasteiger partial charge on any atom is 0.252 e. The van der Waals surface area contributed by atoms with Gasteiger partial charge in [-0.1, -0.05) is 6.07 Å². The van der Waals surface area contributed by atoms with Gasteiger partial charge in [0.05, 0.1) is 5.56 Å². The summed E-state index contributed by atoms with van der Waals surface area (Å²) in [7, 11) is 0. The van der Waals surface area contributed by atoms with E-state index in [-0.39, 0.29) is 12.5 Å². The van der Waals surface area contributed by atoms with Crippen molar-refractivity contribution in [3.8, 4) is 0 Å². The standard InChI is InChI=1S/C14H10BrF2NOS/c15-11-3-2-9(20)6-10(11)14(19)18-7-8-1-4-12(16)13(17)5-8/h1-6,20H,7H2,(H,18,19). The van der Waals surface area contributed by atoms with E-state index in [4.69, 9.17) is 0 Å². The van der Waals surface area contributed by atoms with Crippen LogP contribution in [0.15, 0.2) is 45.8 Å². The molecule has 20 heavy (non-hydrogen) atoms. The summed E-state index contributed by atoms with van der Waals surface area (Å²) in [6.07, 6.45) is 0. The van der Waals surface area contributed by atoms with Crippen LogP contribution >= 0.6 is 28.6 Å². The molecule has 0 aliphatic heterocycles. The Morgan fingerprint density at radius 1 is 1.15 bits per heavy atom. The minimum Gasteiger partial charge on any atom is -0.348 e. The maximum absolute atomic E-state index is 13.0. The molecule has 0 saturated carbocycles. The number of thiol groups is 1. The van der Waals surface area contributed by atoms with Crippen molar-refractivity contribution in [2.24, 2.45) is 0 Å². The van der Waals surface area contributed by atoms with Gasteiger partial charge in [0.1, 0.15) is 0 Å². The van der Waals surface area contributed by atoms with E-state index < -0.39 is 11.6 Å². The van der Waals surface area contributed by atoms with Crippen molar-refractivity contribution in [1.82, 2.24) is 5.32 Å². The molecule has 0 heterocycles. The second-order valence-electron chi connectivity index (χ2n) is 4.10. The quantitative estimate of drug-likeness (QED) is 0.800. The van der Waals surface area contributed by atoms with Crippen molar-refractivity contribution in [2.45, 2.75) is 11.4 Å². The Morgan fingerprint density at radius 2 is 1.90 bits per heavy atom. The van der Waals surface area contributed by atoms with Gasteiger partial charge in [0.15, 0.2) is 11.6 Å². The first-order valence-corrected chi connectivity index (χ1v) is 6.92. The van der Waals surface area contributed by atoms with Crippen LogP contribution < -0.4 is 5.32 Å². The first kappa shape index (κ1) is 15.0. The van der Waals surface area contributed by atoms with E-state index in [9.17, 15) is 13.6 Å². The highest BCUT2D eigenvalue weighted by atomic mass is 79.9. The molecular weight excluding hydrogens is 348 g/mol. The van der Waals surface area contributed by atoms with E-state index in [1.165, 1.54) is 6.07 Å². The fourth-order valence-electron chi connectivity index (χ4n) is 1.61. The van der Waals surface area contributed by atoms with Gasteiger partial charge in [-0.3, -0.25) is 4.79 Å². The Balaban J connectivity index is 2.08. The summed E-state index contributed by atoms with van der Waals surface area (Å²) in [6, 6.07) is 8.59. The van der Waals surface area contributed by atoms with Crippen molar-refractivity contribution in [3.63, 3.8) is 0 Å². The van der Waals surface area contributed by atoms with Crippen molar-refractivity contribution in [3.05, 3.63) is 63.6 Å². The molecule has 0 atom stereocenters. The molecule has 0 bridgehead atoms. The first-order valence-electron chi connectivity index (χ1n) is 5.68. The summed E-state index contributed by atoms with van der Waals surface area (Å²) in [5, 5.41) is 2.64. The van der Waals surface area contributed by atoms with E-state index in [0.717, 1.165) is 12.1 Å². The number of carbonyl (C=O) groups excluding carboxylic acids is 1. The summed E-state index contributed by atoms with van der Waals surface area (Å²) in [4.78, 5) is 12.7. The van der Waals surface area contributed by atoms with E-state index in [0.29, 0.717) is 20.5 Å².